The van der Waals surface area contributed by atoms with Crippen LogP contribution in [0.15, 0.2) is 0 Å². The van der Waals surface area contributed by atoms with Crippen LogP contribution >= 0.6 is 24.8 Å². The predicted molar refractivity (Wildman–Crippen MR) is 55.4 cm³/mol. The van der Waals surface area contributed by atoms with Gasteiger partial charge in [-0.1, -0.05) is 0 Å². The molecule has 1 aliphatic rings. The van der Waals surface area contributed by atoms with Gasteiger partial charge in [0, 0.05) is 25.6 Å². The van der Waals surface area contributed by atoms with E-state index in [1.807, 2.05) is 0 Å². The molecule has 0 spiro atoms. The summed E-state index contributed by atoms with van der Waals surface area (Å²) in [4.78, 5) is 12.7. The van der Waals surface area contributed by atoms with Crippen LogP contribution in [0.5, 0.6) is 0 Å². The van der Waals surface area contributed by atoms with Crippen LogP contribution in [0.25, 0.3) is 0 Å². The van der Waals surface area contributed by atoms with Crippen LogP contribution in [0.3, 0.4) is 0 Å². The average Bonchev–Trinajstić information content (AvgIpc) is 2.37. The molecule has 1 saturated heterocycles. The van der Waals surface area contributed by atoms with E-state index in [1.54, 1.807) is 4.90 Å². The standard InChI is InChI=1S/C7H14N2O2.2ClH/c8-6(5-10)4-9-3-1-2-7(9)11;;/h6,10H,1-5,8H2;2*1H. The Balaban J connectivity index is 0. The number of nitrogens with two attached hydrogens (primary N) is 1. The zero-order valence-electron chi connectivity index (χ0n) is 7.31. The first-order valence-corrected chi connectivity index (χ1v) is 3.88. The number of carbonyl (C=O) groups excluding carboxylic acids is 1. The summed E-state index contributed by atoms with van der Waals surface area (Å²) in [6, 6.07) is -0.281. The number of hydrogen-bond donors (Lipinski definition) is 2. The van der Waals surface area contributed by atoms with Crippen LogP contribution in [-0.2, 0) is 4.79 Å². The second-order valence-corrected chi connectivity index (χ2v) is 2.89. The summed E-state index contributed by atoms with van der Waals surface area (Å²) < 4.78 is 0. The second-order valence-electron chi connectivity index (χ2n) is 2.89. The van der Waals surface area contributed by atoms with Gasteiger partial charge in [-0.25, -0.2) is 0 Å². The molecule has 0 radical (unpaired) electrons. The van der Waals surface area contributed by atoms with Crippen molar-refractivity contribution in [2.24, 2.45) is 5.73 Å². The molecule has 1 heterocycles. The van der Waals surface area contributed by atoms with Gasteiger partial charge < -0.3 is 15.7 Å². The van der Waals surface area contributed by atoms with Crippen LogP contribution in [0.2, 0.25) is 0 Å². The van der Waals surface area contributed by atoms with Crippen LogP contribution in [0.1, 0.15) is 12.8 Å². The SMILES string of the molecule is Cl.Cl.NC(CO)CN1CCCC1=O. The van der Waals surface area contributed by atoms with Crippen molar-refractivity contribution in [2.45, 2.75) is 18.9 Å². The van der Waals surface area contributed by atoms with Crippen LogP contribution in [-0.4, -0.2) is 41.7 Å². The molecule has 6 heteroatoms. The molecule has 0 aromatic heterocycles. The highest BCUT2D eigenvalue weighted by Crippen LogP contribution is 2.08. The molecule has 1 amide bonds. The fourth-order valence-electron chi connectivity index (χ4n) is 1.24. The summed E-state index contributed by atoms with van der Waals surface area (Å²) in [5.41, 5.74) is 5.47. The molecular formula is C7H16Cl2N2O2. The Kier molecular flexibility index (Phi) is 8.77. The number of aliphatic hydroxyl groups excluding tert-OH is 1. The number of carbonyl (C=O) groups is 1. The van der Waals surface area contributed by atoms with Crippen LogP contribution in [0, 0.1) is 0 Å². The minimum Gasteiger partial charge on any atom is -0.395 e. The first-order chi connectivity index (χ1) is 5.24. The zero-order chi connectivity index (χ0) is 8.27. The molecule has 1 fully saturated rings. The summed E-state index contributed by atoms with van der Waals surface area (Å²) in [6.07, 6.45) is 1.56. The lowest BCUT2D eigenvalue weighted by Gasteiger charge is -2.18. The maximum Gasteiger partial charge on any atom is 0.222 e. The number of aliphatic hydroxyl groups is 1. The van der Waals surface area contributed by atoms with Gasteiger partial charge in [-0.2, -0.15) is 0 Å². The Morgan fingerprint density at radius 3 is 2.54 bits per heavy atom. The zero-order valence-corrected chi connectivity index (χ0v) is 8.94. The van der Waals surface area contributed by atoms with Gasteiger partial charge in [-0.15, -0.1) is 24.8 Å². The quantitative estimate of drug-likeness (QED) is 0.705. The van der Waals surface area contributed by atoms with Gasteiger partial charge in [0.2, 0.25) is 5.91 Å². The van der Waals surface area contributed by atoms with E-state index in [9.17, 15) is 4.79 Å². The third-order valence-corrected chi connectivity index (χ3v) is 1.86. The molecule has 1 unspecified atom stereocenters. The molecule has 0 aromatic carbocycles. The molecule has 0 aliphatic carbocycles. The van der Waals surface area contributed by atoms with Crippen molar-refractivity contribution in [3.8, 4) is 0 Å². The van der Waals surface area contributed by atoms with Gasteiger partial charge in [-0.3, -0.25) is 4.79 Å². The van der Waals surface area contributed by atoms with Crippen molar-refractivity contribution in [1.82, 2.24) is 4.90 Å². The van der Waals surface area contributed by atoms with Crippen molar-refractivity contribution in [3.63, 3.8) is 0 Å². The molecule has 0 bridgehead atoms. The highest BCUT2D eigenvalue weighted by molar-refractivity contribution is 5.85. The first kappa shape index (κ1) is 15.4. The number of halogens is 2. The Hall–Kier alpha value is -0.0300. The van der Waals surface area contributed by atoms with Crippen LogP contribution in [0.4, 0.5) is 0 Å². The Morgan fingerprint density at radius 1 is 1.54 bits per heavy atom. The molecule has 0 saturated carbocycles. The minimum absolute atomic E-state index is 0. The van der Waals surface area contributed by atoms with Gasteiger partial charge in [0.1, 0.15) is 0 Å². The largest absolute Gasteiger partial charge is 0.395 e. The third kappa shape index (κ3) is 4.67. The highest BCUT2D eigenvalue weighted by Gasteiger charge is 2.21. The van der Waals surface area contributed by atoms with Crippen molar-refractivity contribution in [3.05, 3.63) is 0 Å². The van der Waals surface area contributed by atoms with Crippen LogP contribution < -0.4 is 5.73 Å². The number of nitrogens with zero attached hydrogens (tertiary/aromatic N) is 1. The summed E-state index contributed by atoms with van der Waals surface area (Å²) >= 11 is 0. The van der Waals surface area contributed by atoms with Gasteiger partial charge in [0.25, 0.3) is 0 Å². The van der Waals surface area contributed by atoms with E-state index in [4.69, 9.17) is 10.8 Å². The van der Waals surface area contributed by atoms with Crippen molar-refractivity contribution >= 4 is 30.7 Å². The monoisotopic (exact) mass is 230 g/mol. The molecule has 3 N–H and O–H groups in total. The highest BCUT2D eigenvalue weighted by atomic mass is 35.5. The molecule has 80 valence electrons. The maximum atomic E-state index is 11.0. The minimum atomic E-state index is -0.281. The average molecular weight is 231 g/mol. The summed E-state index contributed by atoms with van der Waals surface area (Å²) in [5, 5.41) is 8.62. The lowest BCUT2D eigenvalue weighted by atomic mass is 10.3. The Labute approximate surface area is 90.3 Å². The lowest BCUT2D eigenvalue weighted by Crippen LogP contribution is -2.40. The number of rotatable bonds is 3. The van der Waals surface area contributed by atoms with E-state index in [1.165, 1.54) is 0 Å². The number of amides is 1. The van der Waals surface area contributed by atoms with E-state index < -0.39 is 0 Å². The summed E-state index contributed by atoms with van der Waals surface area (Å²) in [5.74, 6) is 0.161. The summed E-state index contributed by atoms with van der Waals surface area (Å²) in [7, 11) is 0. The fraction of sp³-hybridized carbons (Fsp3) is 0.857. The Morgan fingerprint density at radius 2 is 2.15 bits per heavy atom. The van der Waals surface area contributed by atoms with Crippen molar-refractivity contribution in [2.75, 3.05) is 19.7 Å². The van der Waals surface area contributed by atoms with Gasteiger partial charge in [0.05, 0.1) is 6.61 Å². The predicted octanol–water partition coefficient (Wildman–Crippen LogP) is -0.228. The molecule has 13 heavy (non-hydrogen) atoms. The van der Waals surface area contributed by atoms with E-state index in [0.717, 1.165) is 13.0 Å². The topological polar surface area (TPSA) is 66.6 Å². The molecule has 4 nitrogen and oxygen atoms in total. The third-order valence-electron chi connectivity index (χ3n) is 1.86. The first-order valence-electron chi connectivity index (χ1n) is 3.88. The van der Waals surface area contributed by atoms with Gasteiger partial charge >= 0.3 is 0 Å². The van der Waals surface area contributed by atoms with E-state index in [2.05, 4.69) is 0 Å². The fourth-order valence-corrected chi connectivity index (χ4v) is 1.24. The molecule has 0 aromatic rings. The molecular weight excluding hydrogens is 215 g/mol. The molecule has 1 aliphatic heterocycles. The molecule has 1 rings (SSSR count). The normalized spacial score (nSPS) is 17.7. The van der Waals surface area contributed by atoms with Gasteiger partial charge in [0.15, 0.2) is 0 Å². The number of likely N-dealkylation sites (tertiary alicyclic amines) is 1. The molecule has 1 atom stereocenters. The van der Waals surface area contributed by atoms with Crippen molar-refractivity contribution in [1.29, 1.82) is 0 Å². The Bertz CT molecular complexity index is 157. The maximum absolute atomic E-state index is 11.0. The number of hydrogen-bond acceptors (Lipinski definition) is 3. The lowest BCUT2D eigenvalue weighted by molar-refractivity contribution is -0.128. The summed E-state index contributed by atoms with van der Waals surface area (Å²) in [6.45, 7) is 1.24. The van der Waals surface area contributed by atoms with E-state index in [0.29, 0.717) is 13.0 Å². The van der Waals surface area contributed by atoms with Crippen molar-refractivity contribution < 1.29 is 9.90 Å². The smallest absolute Gasteiger partial charge is 0.222 e. The van der Waals surface area contributed by atoms with E-state index in [-0.39, 0.29) is 43.4 Å². The van der Waals surface area contributed by atoms with Gasteiger partial charge in [-0.05, 0) is 6.42 Å². The van der Waals surface area contributed by atoms with E-state index >= 15 is 0 Å². The second kappa shape index (κ2) is 7.38.